The molecule has 0 saturated carbocycles. The van der Waals surface area contributed by atoms with E-state index in [-0.39, 0.29) is 5.91 Å². The van der Waals surface area contributed by atoms with Gasteiger partial charge in [0.15, 0.2) is 6.29 Å². The Morgan fingerprint density at radius 1 is 1.27 bits per heavy atom. The number of rotatable bonds is 6. The molecule has 0 unspecified atom stereocenters. The fourth-order valence-electron chi connectivity index (χ4n) is 2.57. The summed E-state index contributed by atoms with van der Waals surface area (Å²) < 4.78 is 10.1. The zero-order valence-electron chi connectivity index (χ0n) is 13.4. The number of aromatic nitrogens is 1. The summed E-state index contributed by atoms with van der Waals surface area (Å²) in [6.07, 6.45) is 6.16. The molecule has 6 nitrogen and oxygen atoms in total. The van der Waals surface area contributed by atoms with Crippen LogP contribution in [0, 0.1) is 0 Å². The van der Waals surface area contributed by atoms with Gasteiger partial charge in [0, 0.05) is 39.1 Å². The quantitative estimate of drug-likeness (QED) is 0.812. The minimum absolute atomic E-state index is 0.141. The maximum atomic E-state index is 12.2. The Balaban J connectivity index is 1.99. The molecule has 122 valence electrons. The second-order valence-electron chi connectivity index (χ2n) is 5.41. The Labute approximate surface area is 131 Å². The molecule has 0 aromatic carbocycles. The first-order valence-corrected chi connectivity index (χ1v) is 7.79. The molecule has 0 aliphatic carbocycles. The van der Waals surface area contributed by atoms with Crippen LogP contribution in [0.15, 0.2) is 18.3 Å². The van der Waals surface area contributed by atoms with Crippen LogP contribution >= 0.6 is 0 Å². The lowest BCUT2D eigenvalue weighted by atomic mass is 10.2. The zero-order chi connectivity index (χ0) is 15.8. The number of nitrogens with zero attached hydrogens (tertiary/aromatic N) is 2. The molecule has 0 radical (unpaired) electrons. The highest BCUT2D eigenvalue weighted by atomic mass is 16.7. The van der Waals surface area contributed by atoms with Crippen molar-refractivity contribution in [3.8, 4) is 0 Å². The zero-order valence-corrected chi connectivity index (χ0v) is 13.4. The fourth-order valence-corrected chi connectivity index (χ4v) is 2.57. The van der Waals surface area contributed by atoms with E-state index in [2.05, 4.69) is 15.2 Å². The van der Waals surface area contributed by atoms with Crippen LogP contribution in [-0.4, -0.2) is 51.0 Å². The number of hydrogen-bond donors (Lipinski definition) is 1. The monoisotopic (exact) mass is 307 g/mol. The molecule has 2 rings (SSSR count). The first-order chi connectivity index (χ1) is 10.7. The molecule has 1 saturated heterocycles. The molecule has 1 fully saturated rings. The summed E-state index contributed by atoms with van der Waals surface area (Å²) in [7, 11) is 3.09. The Morgan fingerprint density at radius 3 is 2.59 bits per heavy atom. The number of pyridine rings is 1. The molecule has 1 aliphatic rings. The molecule has 1 aromatic heterocycles. The number of methoxy groups -OCH3 is 2. The second-order valence-corrected chi connectivity index (χ2v) is 5.41. The summed E-state index contributed by atoms with van der Waals surface area (Å²) in [5.41, 5.74) is 0.611. The lowest BCUT2D eigenvalue weighted by Gasteiger charge is -2.21. The molecule has 0 atom stereocenters. The third-order valence-electron chi connectivity index (χ3n) is 3.89. The summed E-state index contributed by atoms with van der Waals surface area (Å²) in [5.74, 6) is 0.738. The molecule has 0 bridgehead atoms. The van der Waals surface area contributed by atoms with Crippen LogP contribution in [-0.2, 0) is 9.47 Å². The van der Waals surface area contributed by atoms with Gasteiger partial charge in [0.05, 0.1) is 6.54 Å². The number of anilines is 1. The van der Waals surface area contributed by atoms with E-state index in [1.54, 1.807) is 26.5 Å². The Hall–Kier alpha value is -1.66. The predicted molar refractivity (Wildman–Crippen MR) is 85.1 cm³/mol. The molecule has 22 heavy (non-hydrogen) atoms. The summed E-state index contributed by atoms with van der Waals surface area (Å²) in [6, 6.07) is 3.58. The van der Waals surface area contributed by atoms with Crippen LogP contribution in [0.4, 0.5) is 5.82 Å². The number of carbonyl (C=O) groups excluding carboxylic acids is 1. The van der Waals surface area contributed by atoms with E-state index in [1.807, 2.05) is 6.07 Å². The molecule has 1 N–H and O–H groups in total. The third kappa shape index (κ3) is 4.68. The van der Waals surface area contributed by atoms with E-state index in [1.165, 1.54) is 25.7 Å². The van der Waals surface area contributed by atoms with E-state index in [0.717, 1.165) is 18.9 Å². The Bertz CT molecular complexity index is 469. The molecule has 1 aliphatic heterocycles. The molecule has 2 heterocycles. The summed E-state index contributed by atoms with van der Waals surface area (Å²) >= 11 is 0. The van der Waals surface area contributed by atoms with Crippen molar-refractivity contribution >= 4 is 11.7 Å². The Morgan fingerprint density at radius 2 is 1.95 bits per heavy atom. The van der Waals surface area contributed by atoms with Gasteiger partial charge >= 0.3 is 0 Å². The van der Waals surface area contributed by atoms with Crippen LogP contribution in [0.3, 0.4) is 0 Å². The first-order valence-electron chi connectivity index (χ1n) is 7.79. The first kappa shape index (κ1) is 16.7. The number of nitrogens with one attached hydrogen (secondary N) is 1. The van der Waals surface area contributed by atoms with Crippen molar-refractivity contribution in [2.75, 3.05) is 38.8 Å². The highest BCUT2D eigenvalue weighted by molar-refractivity contribution is 5.94. The summed E-state index contributed by atoms with van der Waals surface area (Å²) in [4.78, 5) is 18.9. The number of ether oxygens (including phenoxy) is 2. The van der Waals surface area contributed by atoms with E-state index in [4.69, 9.17) is 9.47 Å². The number of hydrogen-bond acceptors (Lipinski definition) is 5. The van der Waals surface area contributed by atoms with Crippen molar-refractivity contribution in [2.24, 2.45) is 0 Å². The molecule has 0 spiro atoms. The lowest BCUT2D eigenvalue weighted by molar-refractivity contribution is -0.0974. The van der Waals surface area contributed by atoms with E-state index in [9.17, 15) is 4.79 Å². The fraction of sp³-hybridized carbons (Fsp3) is 0.625. The van der Waals surface area contributed by atoms with Gasteiger partial charge in [-0.2, -0.15) is 0 Å². The lowest BCUT2D eigenvalue weighted by Crippen LogP contribution is -2.34. The normalized spacial score (nSPS) is 15.7. The van der Waals surface area contributed by atoms with Crippen LogP contribution in [0.2, 0.25) is 0 Å². The highest BCUT2D eigenvalue weighted by Crippen LogP contribution is 2.18. The van der Waals surface area contributed by atoms with Crippen LogP contribution in [0.25, 0.3) is 0 Å². The van der Waals surface area contributed by atoms with Crippen molar-refractivity contribution in [1.29, 1.82) is 0 Å². The molecule has 1 amide bonds. The number of carbonyl (C=O) groups is 1. The average Bonchev–Trinajstić information content (AvgIpc) is 2.85. The van der Waals surface area contributed by atoms with Crippen molar-refractivity contribution in [1.82, 2.24) is 10.3 Å². The van der Waals surface area contributed by atoms with Gasteiger partial charge in [-0.1, -0.05) is 12.8 Å². The van der Waals surface area contributed by atoms with Gasteiger partial charge in [0.2, 0.25) is 0 Å². The minimum atomic E-state index is -0.434. The average molecular weight is 307 g/mol. The third-order valence-corrected chi connectivity index (χ3v) is 3.89. The maximum Gasteiger partial charge on any atom is 0.251 e. The van der Waals surface area contributed by atoms with E-state index >= 15 is 0 Å². The number of amides is 1. The largest absolute Gasteiger partial charge is 0.357 e. The molecular weight excluding hydrogens is 282 g/mol. The van der Waals surface area contributed by atoms with Gasteiger partial charge in [-0.05, 0) is 25.0 Å². The van der Waals surface area contributed by atoms with Crippen LogP contribution in [0.1, 0.15) is 36.0 Å². The minimum Gasteiger partial charge on any atom is -0.357 e. The van der Waals surface area contributed by atoms with Gasteiger partial charge in [-0.3, -0.25) is 4.79 Å². The molecular formula is C16H25N3O3. The smallest absolute Gasteiger partial charge is 0.251 e. The second kappa shape index (κ2) is 8.70. The van der Waals surface area contributed by atoms with Gasteiger partial charge in [-0.15, -0.1) is 0 Å². The predicted octanol–water partition coefficient (Wildman–Crippen LogP) is 1.81. The van der Waals surface area contributed by atoms with Crippen LogP contribution in [0.5, 0.6) is 0 Å². The van der Waals surface area contributed by atoms with Crippen molar-refractivity contribution in [2.45, 2.75) is 32.0 Å². The van der Waals surface area contributed by atoms with Crippen LogP contribution < -0.4 is 10.2 Å². The standard InChI is InChI=1S/C16H25N3O3/c1-21-15(22-2)12-18-16(20)13-7-8-17-14(11-13)19-9-5-3-4-6-10-19/h7-8,11,15H,3-6,9-10,12H2,1-2H3,(H,18,20). The summed E-state index contributed by atoms with van der Waals surface area (Å²) in [5, 5.41) is 2.81. The van der Waals surface area contributed by atoms with E-state index < -0.39 is 6.29 Å². The van der Waals surface area contributed by atoms with Crippen molar-refractivity contribution in [3.05, 3.63) is 23.9 Å². The van der Waals surface area contributed by atoms with Crippen molar-refractivity contribution < 1.29 is 14.3 Å². The molecule has 6 heteroatoms. The van der Waals surface area contributed by atoms with Gasteiger partial charge in [0.25, 0.3) is 5.91 Å². The maximum absolute atomic E-state index is 12.2. The van der Waals surface area contributed by atoms with Gasteiger partial charge in [0.1, 0.15) is 5.82 Å². The Kier molecular flexibility index (Phi) is 6.61. The van der Waals surface area contributed by atoms with Gasteiger partial charge < -0.3 is 19.7 Å². The van der Waals surface area contributed by atoms with Gasteiger partial charge in [-0.25, -0.2) is 4.98 Å². The molecule has 1 aromatic rings. The highest BCUT2D eigenvalue weighted by Gasteiger charge is 2.14. The summed E-state index contributed by atoms with van der Waals surface area (Å²) in [6.45, 7) is 2.33. The topological polar surface area (TPSA) is 63.7 Å². The SMILES string of the molecule is COC(CNC(=O)c1ccnc(N2CCCCCC2)c1)OC. The van der Waals surface area contributed by atoms with Crippen molar-refractivity contribution in [3.63, 3.8) is 0 Å². The van der Waals surface area contributed by atoms with E-state index in [0.29, 0.717) is 12.1 Å².